The summed E-state index contributed by atoms with van der Waals surface area (Å²) < 4.78 is 0.237. The standard InChI is InChI=1S/C25H27Cl2NO/c1-25(2)21(14-22(26)27)23(25)24(29)28-15-17-10-7-13-20-18-11-5-3-8-16(18)9-4-6-12-19(17)20/h3,5,7-8,10-11,13-14,21,23H,4,6,9,12,15H2,1-2H3,(H,28,29)/t21-,23+/m0/s1. The number of allylic oxidation sites excluding steroid dienone is 1. The normalized spacial score (nSPS) is 21.8. The largest absolute Gasteiger partial charge is 0.352 e. The van der Waals surface area contributed by atoms with Crippen molar-refractivity contribution in [2.24, 2.45) is 17.3 Å². The van der Waals surface area contributed by atoms with Gasteiger partial charge in [-0.15, -0.1) is 0 Å². The Labute approximate surface area is 183 Å². The molecule has 4 heteroatoms. The fourth-order valence-electron chi connectivity index (χ4n) is 4.88. The molecule has 2 atom stereocenters. The topological polar surface area (TPSA) is 29.1 Å². The molecule has 0 aliphatic heterocycles. The maximum absolute atomic E-state index is 12.8. The zero-order valence-corrected chi connectivity index (χ0v) is 18.5. The van der Waals surface area contributed by atoms with Crippen LogP contribution in [0.4, 0.5) is 0 Å². The van der Waals surface area contributed by atoms with Gasteiger partial charge in [-0.2, -0.15) is 0 Å². The minimum atomic E-state index is -0.108. The summed E-state index contributed by atoms with van der Waals surface area (Å²) in [5.41, 5.74) is 6.55. The van der Waals surface area contributed by atoms with Crippen LogP contribution in [-0.2, 0) is 24.2 Å². The van der Waals surface area contributed by atoms with Gasteiger partial charge < -0.3 is 5.32 Å². The lowest BCUT2D eigenvalue weighted by molar-refractivity contribution is -0.123. The molecule has 0 spiro atoms. The maximum Gasteiger partial charge on any atom is 0.224 e. The highest BCUT2D eigenvalue weighted by molar-refractivity contribution is 6.55. The molecule has 1 saturated carbocycles. The monoisotopic (exact) mass is 427 g/mol. The highest BCUT2D eigenvalue weighted by Gasteiger charge is 2.60. The summed E-state index contributed by atoms with van der Waals surface area (Å²) in [5.74, 6) is 0.0895. The highest BCUT2D eigenvalue weighted by Crippen LogP contribution is 2.59. The van der Waals surface area contributed by atoms with Crippen molar-refractivity contribution >= 4 is 29.1 Å². The first-order valence-corrected chi connectivity index (χ1v) is 11.1. The Kier molecular flexibility index (Phi) is 5.77. The van der Waals surface area contributed by atoms with Gasteiger partial charge in [0.05, 0.1) is 5.92 Å². The van der Waals surface area contributed by atoms with Crippen molar-refractivity contribution in [2.45, 2.75) is 46.1 Å². The minimum absolute atomic E-state index is 0.0784. The Balaban J connectivity index is 1.55. The Hall–Kier alpha value is -1.77. The number of nitrogens with one attached hydrogen (secondary N) is 1. The van der Waals surface area contributed by atoms with Gasteiger partial charge in [-0.25, -0.2) is 0 Å². The summed E-state index contributed by atoms with van der Waals surface area (Å²) >= 11 is 11.7. The molecule has 1 N–H and O–H groups in total. The van der Waals surface area contributed by atoms with Crippen LogP contribution in [0.15, 0.2) is 53.0 Å². The van der Waals surface area contributed by atoms with Gasteiger partial charge in [-0.1, -0.05) is 79.5 Å². The van der Waals surface area contributed by atoms with E-state index in [1.54, 1.807) is 6.08 Å². The van der Waals surface area contributed by atoms with E-state index in [0.29, 0.717) is 6.54 Å². The van der Waals surface area contributed by atoms with E-state index in [0.717, 1.165) is 12.8 Å². The van der Waals surface area contributed by atoms with Crippen LogP contribution < -0.4 is 5.32 Å². The molecule has 1 fully saturated rings. The van der Waals surface area contributed by atoms with Crippen molar-refractivity contribution in [3.8, 4) is 11.1 Å². The van der Waals surface area contributed by atoms with Crippen molar-refractivity contribution in [1.82, 2.24) is 5.32 Å². The SMILES string of the molecule is CC1(C)[C@@H](C=C(Cl)Cl)[C@@H]1C(=O)NCc1cccc2c1CCCCc1ccccc1-2. The van der Waals surface area contributed by atoms with Gasteiger partial charge in [-0.05, 0) is 70.9 Å². The number of benzene rings is 2. The smallest absolute Gasteiger partial charge is 0.224 e. The fraction of sp³-hybridized carbons (Fsp3) is 0.400. The summed E-state index contributed by atoms with van der Waals surface area (Å²) in [6.07, 6.45) is 6.34. The second-order valence-electron chi connectivity index (χ2n) is 8.81. The Morgan fingerprint density at radius 1 is 1.07 bits per heavy atom. The molecule has 2 aromatic rings. The summed E-state index contributed by atoms with van der Waals surface area (Å²) in [5, 5.41) is 3.18. The van der Waals surface area contributed by atoms with Crippen LogP contribution in [0.25, 0.3) is 11.1 Å². The summed E-state index contributed by atoms with van der Waals surface area (Å²) in [6, 6.07) is 15.2. The lowest BCUT2D eigenvalue weighted by Gasteiger charge is -2.20. The summed E-state index contributed by atoms with van der Waals surface area (Å²) in [6.45, 7) is 4.73. The molecular weight excluding hydrogens is 401 g/mol. The average Bonchev–Trinajstić information content (AvgIpc) is 3.21. The van der Waals surface area contributed by atoms with E-state index < -0.39 is 0 Å². The van der Waals surface area contributed by atoms with E-state index in [2.05, 4.69) is 61.6 Å². The van der Waals surface area contributed by atoms with Gasteiger partial charge in [0.15, 0.2) is 0 Å². The molecule has 0 bridgehead atoms. The van der Waals surface area contributed by atoms with E-state index >= 15 is 0 Å². The van der Waals surface area contributed by atoms with Crippen LogP contribution in [0.5, 0.6) is 0 Å². The number of hydrogen-bond acceptors (Lipinski definition) is 1. The molecule has 4 rings (SSSR count). The van der Waals surface area contributed by atoms with Crippen LogP contribution in [0.1, 0.15) is 43.4 Å². The first kappa shape index (κ1) is 20.5. The molecule has 2 aliphatic rings. The van der Waals surface area contributed by atoms with E-state index in [9.17, 15) is 4.79 Å². The number of aryl methyl sites for hydroxylation is 1. The van der Waals surface area contributed by atoms with Crippen molar-refractivity contribution in [1.29, 1.82) is 0 Å². The van der Waals surface area contributed by atoms with Crippen molar-refractivity contribution in [3.05, 3.63) is 69.7 Å². The highest BCUT2D eigenvalue weighted by atomic mass is 35.5. The van der Waals surface area contributed by atoms with Gasteiger partial charge in [0.25, 0.3) is 0 Å². The quantitative estimate of drug-likeness (QED) is 0.597. The van der Waals surface area contributed by atoms with Crippen molar-refractivity contribution in [3.63, 3.8) is 0 Å². The lowest BCUT2D eigenvalue weighted by atomic mass is 9.85. The minimum Gasteiger partial charge on any atom is -0.352 e. The number of carbonyl (C=O) groups excluding carboxylic acids is 1. The molecule has 2 aliphatic carbocycles. The lowest BCUT2D eigenvalue weighted by Crippen LogP contribution is -2.27. The van der Waals surface area contributed by atoms with E-state index in [4.69, 9.17) is 23.2 Å². The molecular formula is C25H27Cl2NO. The fourth-order valence-corrected chi connectivity index (χ4v) is 5.16. The zero-order chi connectivity index (χ0) is 20.6. The van der Waals surface area contributed by atoms with Gasteiger partial charge in [-0.3, -0.25) is 4.79 Å². The van der Waals surface area contributed by atoms with Gasteiger partial charge in [0, 0.05) is 6.54 Å². The molecule has 29 heavy (non-hydrogen) atoms. The Morgan fingerprint density at radius 3 is 2.59 bits per heavy atom. The number of carbonyl (C=O) groups is 1. The molecule has 2 aromatic carbocycles. The molecule has 2 nitrogen and oxygen atoms in total. The molecule has 0 unspecified atom stereocenters. The number of hydrogen-bond donors (Lipinski definition) is 1. The Bertz CT molecular complexity index is 959. The van der Waals surface area contributed by atoms with E-state index in [-0.39, 0.29) is 27.6 Å². The molecule has 0 heterocycles. The third-order valence-electron chi connectivity index (χ3n) is 6.66. The van der Waals surface area contributed by atoms with Gasteiger partial charge >= 0.3 is 0 Å². The van der Waals surface area contributed by atoms with Crippen molar-refractivity contribution < 1.29 is 4.79 Å². The predicted molar refractivity (Wildman–Crippen MR) is 121 cm³/mol. The van der Waals surface area contributed by atoms with E-state index in [1.807, 2.05) is 0 Å². The maximum atomic E-state index is 12.8. The van der Waals surface area contributed by atoms with Crippen LogP contribution in [0, 0.1) is 17.3 Å². The first-order valence-electron chi connectivity index (χ1n) is 10.4. The van der Waals surface area contributed by atoms with E-state index in [1.165, 1.54) is 40.7 Å². The number of halogens is 2. The summed E-state index contributed by atoms with van der Waals surface area (Å²) in [7, 11) is 0. The van der Waals surface area contributed by atoms with Crippen LogP contribution in [0.3, 0.4) is 0 Å². The summed E-state index contributed by atoms with van der Waals surface area (Å²) in [4.78, 5) is 12.8. The number of fused-ring (bicyclic) bond motifs is 3. The van der Waals surface area contributed by atoms with Crippen LogP contribution in [0.2, 0.25) is 0 Å². The molecule has 152 valence electrons. The molecule has 0 saturated heterocycles. The first-order chi connectivity index (χ1) is 13.9. The van der Waals surface area contributed by atoms with Gasteiger partial charge in [0.2, 0.25) is 5.91 Å². The molecule has 0 aromatic heterocycles. The molecule has 0 radical (unpaired) electrons. The second kappa shape index (κ2) is 8.16. The number of rotatable bonds is 4. The average molecular weight is 428 g/mol. The van der Waals surface area contributed by atoms with Gasteiger partial charge in [0.1, 0.15) is 4.49 Å². The van der Waals surface area contributed by atoms with Crippen LogP contribution >= 0.6 is 23.2 Å². The van der Waals surface area contributed by atoms with Crippen molar-refractivity contribution in [2.75, 3.05) is 0 Å². The third kappa shape index (κ3) is 4.11. The zero-order valence-electron chi connectivity index (χ0n) is 17.0. The predicted octanol–water partition coefficient (Wildman–Crippen LogP) is 6.44. The molecule has 1 amide bonds. The third-order valence-corrected chi connectivity index (χ3v) is 6.91. The Morgan fingerprint density at radius 2 is 1.79 bits per heavy atom. The second-order valence-corrected chi connectivity index (χ2v) is 9.81. The number of amides is 1. The van der Waals surface area contributed by atoms with Crippen LogP contribution in [-0.4, -0.2) is 5.91 Å².